The fraction of sp³-hybridized carbons (Fsp3) is 0.185. The van der Waals surface area contributed by atoms with E-state index in [0.29, 0.717) is 11.3 Å². The number of benzene rings is 3. The Kier molecular flexibility index (Phi) is 6.49. The molecule has 1 fully saturated rings. The van der Waals surface area contributed by atoms with Gasteiger partial charge in [0.15, 0.2) is 0 Å². The topological polar surface area (TPSA) is 76.1 Å². The van der Waals surface area contributed by atoms with Crippen molar-refractivity contribution < 1.29 is 37.3 Å². The van der Waals surface area contributed by atoms with Gasteiger partial charge in [-0.2, -0.15) is 13.2 Å². The van der Waals surface area contributed by atoms with Crippen LogP contribution in [-0.4, -0.2) is 31.0 Å². The van der Waals surface area contributed by atoms with E-state index >= 15 is 0 Å². The number of Topliss-reactive ketones (excluding diaryl/α,β-unsaturated/α-hetero) is 1. The highest BCUT2D eigenvalue weighted by atomic mass is 19.4. The Morgan fingerprint density at radius 1 is 0.944 bits per heavy atom. The van der Waals surface area contributed by atoms with E-state index in [9.17, 15) is 27.9 Å². The smallest absolute Gasteiger partial charge is 0.416 e. The Labute approximate surface area is 205 Å². The molecule has 36 heavy (non-hydrogen) atoms. The second-order valence-corrected chi connectivity index (χ2v) is 8.20. The van der Waals surface area contributed by atoms with Gasteiger partial charge in [0.1, 0.15) is 17.3 Å². The Balaban J connectivity index is 1.98. The largest absolute Gasteiger partial charge is 0.507 e. The number of rotatable bonds is 5. The number of aliphatic hydroxyl groups is 1. The summed E-state index contributed by atoms with van der Waals surface area (Å²) in [5, 5.41) is 11.3. The van der Waals surface area contributed by atoms with Crippen LogP contribution < -0.4 is 14.4 Å². The number of carbonyl (C=O) groups excluding carboxylic acids is 2. The van der Waals surface area contributed by atoms with Crippen LogP contribution in [0.15, 0.2) is 72.3 Å². The van der Waals surface area contributed by atoms with E-state index < -0.39 is 35.2 Å². The third-order valence-corrected chi connectivity index (χ3v) is 5.92. The molecule has 0 aromatic heterocycles. The van der Waals surface area contributed by atoms with Crippen LogP contribution in [-0.2, 0) is 15.8 Å². The van der Waals surface area contributed by atoms with Gasteiger partial charge < -0.3 is 14.6 Å². The zero-order valence-corrected chi connectivity index (χ0v) is 19.6. The molecule has 1 N–H and O–H groups in total. The van der Waals surface area contributed by atoms with E-state index in [4.69, 9.17) is 9.47 Å². The van der Waals surface area contributed by atoms with Crippen LogP contribution in [0.1, 0.15) is 28.3 Å². The summed E-state index contributed by atoms with van der Waals surface area (Å²) in [4.78, 5) is 27.5. The number of hydrogen-bond acceptors (Lipinski definition) is 5. The molecule has 6 nitrogen and oxygen atoms in total. The Morgan fingerprint density at radius 2 is 1.67 bits per heavy atom. The second kappa shape index (κ2) is 9.41. The first-order valence-electron chi connectivity index (χ1n) is 10.8. The van der Waals surface area contributed by atoms with Crippen LogP contribution in [0.3, 0.4) is 0 Å². The summed E-state index contributed by atoms with van der Waals surface area (Å²) in [5.74, 6) is -2.00. The highest BCUT2D eigenvalue weighted by Gasteiger charge is 2.47. The van der Waals surface area contributed by atoms with Gasteiger partial charge in [0, 0.05) is 11.8 Å². The van der Waals surface area contributed by atoms with Gasteiger partial charge in [0.2, 0.25) is 0 Å². The number of ketones is 1. The lowest BCUT2D eigenvalue weighted by molar-refractivity contribution is -0.137. The van der Waals surface area contributed by atoms with Crippen LogP contribution in [0.2, 0.25) is 0 Å². The standard InChI is InChI=1S/C27H22F3NO5/c1-15-6-4-7-16(12-15)23-22(24(32)20-11-10-19(35-2)14-21(20)36-3)25(33)26(34)31(23)18-9-5-8-17(13-18)27(28,29)30/h4-14,23,32H,1-3H3/b24-22-. The minimum atomic E-state index is -4.65. The fourth-order valence-electron chi connectivity index (χ4n) is 4.23. The third kappa shape index (κ3) is 4.39. The van der Waals surface area contributed by atoms with Crippen molar-refractivity contribution >= 4 is 23.1 Å². The molecule has 1 atom stereocenters. The first-order chi connectivity index (χ1) is 17.1. The maximum Gasteiger partial charge on any atom is 0.416 e. The molecular formula is C27H22F3NO5. The van der Waals surface area contributed by atoms with Crippen LogP contribution in [0.25, 0.3) is 5.76 Å². The molecule has 9 heteroatoms. The Morgan fingerprint density at radius 3 is 2.31 bits per heavy atom. The SMILES string of the molecule is COc1ccc(/C(O)=C2/C(=O)C(=O)N(c3cccc(C(F)(F)F)c3)C2c2cccc(C)c2)c(OC)c1. The highest BCUT2D eigenvalue weighted by Crippen LogP contribution is 2.44. The van der Waals surface area contributed by atoms with Gasteiger partial charge in [0.05, 0.1) is 37.0 Å². The summed E-state index contributed by atoms with van der Waals surface area (Å²) >= 11 is 0. The van der Waals surface area contributed by atoms with Gasteiger partial charge in [0.25, 0.3) is 11.7 Å². The van der Waals surface area contributed by atoms with Crippen molar-refractivity contribution in [2.24, 2.45) is 0 Å². The molecule has 4 rings (SSSR count). The summed E-state index contributed by atoms with van der Waals surface area (Å²) in [6.45, 7) is 1.80. The molecule has 0 radical (unpaired) electrons. The van der Waals surface area contributed by atoms with Crippen LogP contribution in [0, 0.1) is 6.92 Å². The highest BCUT2D eigenvalue weighted by molar-refractivity contribution is 6.51. The number of carbonyl (C=O) groups is 2. The number of aryl methyl sites for hydroxylation is 1. The predicted octanol–water partition coefficient (Wildman–Crippen LogP) is 5.66. The molecule has 0 saturated carbocycles. The number of alkyl halides is 3. The maximum atomic E-state index is 13.4. The molecule has 0 spiro atoms. The van der Waals surface area contributed by atoms with Crippen LogP contribution in [0.5, 0.6) is 11.5 Å². The van der Waals surface area contributed by atoms with E-state index in [1.165, 1.54) is 32.4 Å². The predicted molar refractivity (Wildman–Crippen MR) is 127 cm³/mol. The summed E-state index contributed by atoms with van der Waals surface area (Å²) in [5.41, 5.74) is -0.00448. The normalized spacial score (nSPS) is 17.4. The fourth-order valence-corrected chi connectivity index (χ4v) is 4.23. The number of nitrogens with zero attached hydrogens (tertiary/aromatic N) is 1. The van der Waals surface area contributed by atoms with Gasteiger partial charge in [-0.1, -0.05) is 35.9 Å². The summed E-state index contributed by atoms with van der Waals surface area (Å²) in [6, 6.07) is 14.3. The van der Waals surface area contributed by atoms with E-state index in [-0.39, 0.29) is 22.6 Å². The quantitative estimate of drug-likeness (QED) is 0.280. The molecule has 1 heterocycles. The van der Waals surface area contributed by atoms with Crippen molar-refractivity contribution in [2.45, 2.75) is 19.1 Å². The molecular weight excluding hydrogens is 475 g/mol. The number of ether oxygens (including phenoxy) is 2. The molecule has 186 valence electrons. The number of halogens is 3. The van der Waals surface area contributed by atoms with Gasteiger partial charge >= 0.3 is 6.18 Å². The second-order valence-electron chi connectivity index (χ2n) is 8.20. The molecule has 3 aromatic rings. The number of anilines is 1. The Hall–Kier alpha value is -4.27. The molecule has 1 unspecified atom stereocenters. The summed E-state index contributed by atoms with van der Waals surface area (Å²) < 4.78 is 50.8. The van der Waals surface area contributed by atoms with Crippen molar-refractivity contribution in [2.75, 3.05) is 19.1 Å². The monoisotopic (exact) mass is 497 g/mol. The minimum absolute atomic E-state index is 0.123. The maximum absolute atomic E-state index is 13.4. The summed E-state index contributed by atoms with van der Waals surface area (Å²) in [6.07, 6.45) is -4.65. The zero-order chi connectivity index (χ0) is 26.2. The lowest BCUT2D eigenvalue weighted by Gasteiger charge is -2.26. The van der Waals surface area contributed by atoms with E-state index in [0.717, 1.165) is 28.7 Å². The average molecular weight is 497 g/mol. The number of hydrogen-bond donors (Lipinski definition) is 1. The van der Waals surface area contributed by atoms with Crippen molar-refractivity contribution in [3.05, 3.63) is 94.6 Å². The molecule has 1 aliphatic heterocycles. The lowest BCUT2D eigenvalue weighted by Crippen LogP contribution is -2.29. The molecule has 1 saturated heterocycles. The molecule has 1 aliphatic rings. The number of aliphatic hydroxyl groups excluding tert-OH is 1. The van der Waals surface area contributed by atoms with Crippen LogP contribution in [0.4, 0.5) is 18.9 Å². The number of amides is 1. The van der Waals surface area contributed by atoms with E-state index in [1.54, 1.807) is 37.3 Å². The molecule has 1 amide bonds. The van der Waals surface area contributed by atoms with Crippen LogP contribution >= 0.6 is 0 Å². The first-order valence-corrected chi connectivity index (χ1v) is 10.8. The molecule has 3 aromatic carbocycles. The van der Waals surface area contributed by atoms with Crippen molar-refractivity contribution in [3.63, 3.8) is 0 Å². The van der Waals surface area contributed by atoms with Gasteiger partial charge in [-0.25, -0.2) is 0 Å². The minimum Gasteiger partial charge on any atom is -0.507 e. The third-order valence-electron chi connectivity index (χ3n) is 5.92. The van der Waals surface area contributed by atoms with Gasteiger partial charge in [-0.3, -0.25) is 14.5 Å². The Bertz CT molecular complexity index is 1380. The van der Waals surface area contributed by atoms with E-state index in [2.05, 4.69) is 0 Å². The van der Waals surface area contributed by atoms with Crippen molar-refractivity contribution in [3.8, 4) is 11.5 Å². The van der Waals surface area contributed by atoms with E-state index in [1.807, 2.05) is 0 Å². The van der Waals surface area contributed by atoms with Crippen molar-refractivity contribution in [1.82, 2.24) is 0 Å². The zero-order valence-electron chi connectivity index (χ0n) is 19.6. The first kappa shape index (κ1) is 24.8. The van der Waals surface area contributed by atoms with Gasteiger partial charge in [-0.15, -0.1) is 0 Å². The molecule has 0 aliphatic carbocycles. The number of methoxy groups -OCH3 is 2. The van der Waals surface area contributed by atoms with Gasteiger partial charge in [-0.05, 0) is 42.8 Å². The lowest BCUT2D eigenvalue weighted by atomic mass is 9.94. The average Bonchev–Trinajstić information content (AvgIpc) is 3.13. The van der Waals surface area contributed by atoms with Crippen molar-refractivity contribution in [1.29, 1.82) is 0 Å². The summed E-state index contributed by atoms with van der Waals surface area (Å²) in [7, 11) is 2.82. The molecule has 0 bridgehead atoms.